The summed E-state index contributed by atoms with van der Waals surface area (Å²) in [6.45, 7) is 2.32. The molecule has 0 aliphatic heterocycles. The van der Waals surface area contributed by atoms with E-state index >= 15 is 0 Å². The third kappa shape index (κ3) is 13.2. The van der Waals surface area contributed by atoms with Crippen molar-refractivity contribution in [2.45, 2.75) is 12.8 Å². The summed E-state index contributed by atoms with van der Waals surface area (Å²) in [7, 11) is 0. The van der Waals surface area contributed by atoms with E-state index in [1.54, 1.807) is 0 Å². The van der Waals surface area contributed by atoms with Crippen LogP contribution in [-0.4, -0.2) is 74.8 Å². The molecule has 0 aromatic rings. The molecule has 4 N–H and O–H groups in total. The second kappa shape index (κ2) is 14.2. The standard InChI is InChI=1S/C12H24N2O6/c15-7-3-13-5-9-19-11(17)1-2-12(18)20-10-6-14-4-8-16/h13-16H,1-10H2. The van der Waals surface area contributed by atoms with Crippen molar-refractivity contribution in [1.29, 1.82) is 0 Å². The van der Waals surface area contributed by atoms with E-state index in [0.29, 0.717) is 26.2 Å². The van der Waals surface area contributed by atoms with Crippen LogP contribution in [0.25, 0.3) is 0 Å². The number of aliphatic hydroxyl groups is 2. The maximum Gasteiger partial charge on any atom is 0.306 e. The van der Waals surface area contributed by atoms with Crippen molar-refractivity contribution < 1.29 is 29.3 Å². The average molecular weight is 292 g/mol. The molecule has 0 aliphatic rings. The summed E-state index contributed by atoms with van der Waals surface area (Å²) in [6, 6.07) is 0. The lowest BCUT2D eigenvalue weighted by Crippen LogP contribution is -2.25. The van der Waals surface area contributed by atoms with Gasteiger partial charge in [0.2, 0.25) is 0 Å². The van der Waals surface area contributed by atoms with Gasteiger partial charge >= 0.3 is 11.9 Å². The summed E-state index contributed by atoms with van der Waals surface area (Å²) in [6.07, 6.45) is -0.0220. The molecule has 8 nitrogen and oxygen atoms in total. The first-order valence-corrected chi connectivity index (χ1v) is 6.65. The van der Waals surface area contributed by atoms with Crippen LogP contribution in [-0.2, 0) is 19.1 Å². The van der Waals surface area contributed by atoms with Gasteiger partial charge in [0.25, 0.3) is 0 Å². The van der Waals surface area contributed by atoms with Gasteiger partial charge < -0.3 is 30.3 Å². The number of rotatable bonds is 13. The molecule has 0 amide bonds. The largest absolute Gasteiger partial charge is 0.464 e. The molecule has 0 atom stereocenters. The molecule has 0 saturated carbocycles. The summed E-state index contributed by atoms with van der Waals surface area (Å²) in [5, 5.41) is 22.7. The van der Waals surface area contributed by atoms with Crippen molar-refractivity contribution in [3.63, 3.8) is 0 Å². The maximum absolute atomic E-state index is 11.2. The van der Waals surface area contributed by atoms with Crippen LogP contribution in [0.2, 0.25) is 0 Å². The Balaban J connectivity index is 3.37. The molecule has 0 rings (SSSR count). The molecule has 118 valence electrons. The van der Waals surface area contributed by atoms with Gasteiger partial charge in [-0.1, -0.05) is 0 Å². The SMILES string of the molecule is O=C(CCC(=O)OCCNCCO)OCCNCCO. The van der Waals surface area contributed by atoms with E-state index in [1.165, 1.54) is 0 Å². The van der Waals surface area contributed by atoms with Crippen LogP contribution in [0.5, 0.6) is 0 Å². The highest BCUT2D eigenvalue weighted by Gasteiger charge is 2.08. The molecular formula is C12H24N2O6. The Kier molecular flexibility index (Phi) is 13.3. The van der Waals surface area contributed by atoms with Crippen LogP contribution in [0.4, 0.5) is 0 Å². The minimum Gasteiger partial charge on any atom is -0.464 e. The van der Waals surface area contributed by atoms with E-state index in [0.717, 1.165) is 0 Å². The lowest BCUT2D eigenvalue weighted by Gasteiger charge is -2.06. The van der Waals surface area contributed by atoms with Crippen molar-refractivity contribution in [3.05, 3.63) is 0 Å². The van der Waals surface area contributed by atoms with E-state index < -0.39 is 11.9 Å². The first-order valence-electron chi connectivity index (χ1n) is 6.65. The summed E-state index contributed by atoms with van der Waals surface area (Å²) < 4.78 is 9.73. The molecule has 0 bridgehead atoms. The predicted octanol–water partition coefficient (Wildman–Crippen LogP) is -1.98. The fourth-order valence-corrected chi connectivity index (χ4v) is 1.23. The molecule has 0 spiro atoms. The molecule has 0 aliphatic carbocycles. The molecule has 0 saturated heterocycles. The van der Waals surface area contributed by atoms with Gasteiger partial charge in [0.15, 0.2) is 0 Å². The Morgan fingerprint density at radius 1 is 0.750 bits per heavy atom. The quantitative estimate of drug-likeness (QED) is 0.228. The Bertz CT molecular complexity index is 236. The van der Waals surface area contributed by atoms with Gasteiger partial charge in [0.05, 0.1) is 26.1 Å². The molecule has 0 fully saturated rings. The van der Waals surface area contributed by atoms with Crippen molar-refractivity contribution >= 4 is 11.9 Å². The third-order valence-corrected chi connectivity index (χ3v) is 2.19. The zero-order chi connectivity index (χ0) is 15.1. The Morgan fingerprint density at radius 2 is 1.15 bits per heavy atom. The fraction of sp³-hybridized carbons (Fsp3) is 0.833. The van der Waals surface area contributed by atoms with Crippen LogP contribution in [0.1, 0.15) is 12.8 Å². The van der Waals surface area contributed by atoms with Gasteiger partial charge in [-0.3, -0.25) is 9.59 Å². The predicted molar refractivity (Wildman–Crippen MR) is 71.1 cm³/mol. The number of ether oxygens (including phenoxy) is 2. The van der Waals surface area contributed by atoms with E-state index in [1.807, 2.05) is 0 Å². The minimum absolute atomic E-state index is 0.0110. The van der Waals surface area contributed by atoms with Crippen LogP contribution in [0.15, 0.2) is 0 Å². The molecule has 0 unspecified atom stereocenters. The Hall–Kier alpha value is -1.22. The number of aliphatic hydroxyl groups excluding tert-OH is 2. The van der Waals surface area contributed by atoms with Crippen molar-refractivity contribution in [2.75, 3.05) is 52.6 Å². The topological polar surface area (TPSA) is 117 Å². The van der Waals surface area contributed by atoms with Crippen molar-refractivity contribution in [3.8, 4) is 0 Å². The van der Waals surface area contributed by atoms with Gasteiger partial charge in [-0.2, -0.15) is 0 Å². The van der Waals surface area contributed by atoms with Gasteiger partial charge in [-0.25, -0.2) is 0 Å². The summed E-state index contributed by atoms with van der Waals surface area (Å²) in [4.78, 5) is 22.5. The smallest absolute Gasteiger partial charge is 0.306 e. The lowest BCUT2D eigenvalue weighted by molar-refractivity contribution is -0.150. The second-order valence-electron chi connectivity index (χ2n) is 3.89. The van der Waals surface area contributed by atoms with Crippen LogP contribution < -0.4 is 10.6 Å². The van der Waals surface area contributed by atoms with E-state index in [4.69, 9.17) is 19.7 Å². The molecule has 8 heteroatoms. The highest BCUT2D eigenvalue weighted by Crippen LogP contribution is 1.95. The monoisotopic (exact) mass is 292 g/mol. The third-order valence-electron chi connectivity index (χ3n) is 2.19. The van der Waals surface area contributed by atoms with Crippen molar-refractivity contribution in [1.82, 2.24) is 10.6 Å². The number of carbonyl (C=O) groups is 2. The van der Waals surface area contributed by atoms with Crippen molar-refractivity contribution in [2.24, 2.45) is 0 Å². The first-order chi connectivity index (χ1) is 9.70. The summed E-state index contributed by atoms with van der Waals surface area (Å²) in [5.74, 6) is -0.905. The van der Waals surface area contributed by atoms with Gasteiger partial charge in [0, 0.05) is 26.2 Å². The van der Waals surface area contributed by atoms with E-state index in [-0.39, 0.29) is 39.3 Å². The molecular weight excluding hydrogens is 268 g/mol. The fourth-order valence-electron chi connectivity index (χ4n) is 1.23. The minimum atomic E-state index is -0.453. The molecule has 0 aromatic carbocycles. The first kappa shape index (κ1) is 18.8. The maximum atomic E-state index is 11.2. The van der Waals surface area contributed by atoms with Gasteiger partial charge in [-0.05, 0) is 0 Å². The van der Waals surface area contributed by atoms with Crippen LogP contribution in [0, 0.1) is 0 Å². The van der Waals surface area contributed by atoms with Crippen LogP contribution >= 0.6 is 0 Å². The molecule has 20 heavy (non-hydrogen) atoms. The Labute approximate surface area is 118 Å². The van der Waals surface area contributed by atoms with Gasteiger partial charge in [0.1, 0.15) is 13.2 Å². The Morgan fingerprint density at radius 3 is 1.50 bits per heavy atom. The second-order valence-corrected chi connectivity index (χ2v) is 3.89. The van der Waals surface area contributed by atoms with Gasteiger partial charge in [-0.15, -0.1) is 0 Å². The average Bonchev–Trinajstić information content (AvgIpc) is 2.44. The normalized spacial score (nSPS) is 10.3. The number of hydrogen-bond acceptors (Lipinski definition) is 8. The molecule has 0 heterocycles. The van der Waals surface area contributed by atoms with Crippen LogP contribution in [0.3, 0.4) is 0 Å². The number of nitrogens with one attached hydrogen (secondary N) is 2. The zero-order valence-electron chi connectivity index (χ0n) is 11.6. The number of esters is 2. The lowest BCUT2D eigenvalue weighted by atomic mass is 10.3. The highest BCUT2D eigenvalue weighted by molar-refractivity contribution is 5.77. The highest BCUT2D eigenvalue weighted by atomic mass is 16.5. The summed E-state index contributed by atoms with van der Waals surface area (Å²) in [5.41, 5.74) is 0. The zero-order valence-corrected chi connectivity index (χ0v) is 11.6. The summed E-state index contributed by atoms with van der Waals surface area (Å²) >= 11 is 0. The molecule has 0 aromatic heterocycles. The molecule has 0 radical (unpaired) electrons. The number of hydrogen-bond donors (Lipinski definition) is 4. The number of carbonyl (C=O) groups excluding carboxylic acids is 2. The van der Waals surface area contributed by atoms with E-state index in [2.05, 4.69) is 10.6 Å². The van der Waals surface area contributed by atoms with E-state index in [9.17, 15) is 9.59 Å².